The van der Waals surface area contributed by atoms with Gasteiger partial charge in [-0.15, -0.1) is 0 Å². The van der Waals surface area contributed by atoms with Crippen molar-refractivity contribution in [3.05, 3.63) is 0 Å². The second kappa shape index (κ2) is 17.2. The number of aliphatic hydroxyl groups is 2. The van der Waals surface area contributed by atoms with Gasteiger partial charge in [-0.2, -0.15) is 0 Å². The Morgan fingerprint density at radius 1 is 0.796 bits per heavy atom. The largest absolute Gasteiger partial charge is 0.462 e. The Morgan fingerprint density at radius 3 is 1.86 bits per heavy atom. The number of hydrogen-bond acceptors (Lipinski definition) is 7. The Labute approximate surface area is 300 Å². The zero-order chi connectivity index (χ0) is 36.8. The van der Waals surface area contributed by atoms with Gasteiger partial charge in [-0.3, -0.25) is 9.59 Å². The van der Waals surface area contributed by atoms with Gasteiger partial charge in [-0.05, 0) is 80.6 Å². The fourth-order valence-corrected chi connectivity index (χ4v) is 10.5. The molecule has 3 fully saturated rings. The van der Waals surface area contributed by atoms with Crippen molar-refractivity contribution in [2.45, 2.75) is 207 Å². The molecule has 7 heteroatoms. The highest BCUT2D eigenvalue weighted by Crippen LogP contribution is 2.67. The van der Waals surface area contributed by atoms with Crippen LogP contribution in [0.2, 0.25) is 0 Å². The summed E-state index contributed by atoms with van der Waals surface area (Å²) in [6.45, 7) is 21.6. The summed E-state index contributed by atoms with van der Waals surface area (Å²) in [4.78, 5) is 24.8. The molecule has 286 valence electrons. The molecule has 1 saturated heterocycles. The van der Waals surface area contributed by atoms with Crippen LogP contribution >= 0.6 is 0 Å². The SMILES string of the molecule is CC(=O)O[C@H]1C[C@@](C)(CN)[C@@H](CCC(C)CCCC(C)CCCCC(C)CCCC(C)C(=O)C[C@@]23O[C@]2(C)C[C@@H](O)CC3(C)C)[C@](C)(O)C1. The normalized spacial score (nSPS) is 36.3. The Kier molecular flexibility index (Phi) is 14.9. The quantitative estimate of drug-likeness (QED) is 0.0624. The van der Waals surface area contributed by atoms with Crippen molar-refractivity contribution in [1.82, 2.24) is 0 Å². The predicted molar refractivity (Wildman–Crippen MR) is 199 cm³/mol. The van der Waals surface area contributed by atoms with Gasteiger partial charge in [0.05, 0.1) is 17.3 Å². The molecule has 0 bridgehead atoms. The van der Waals surface area contributed by atoms with Crippen molar-refractivity contribution >= 4 is 11.8 Å². The van der Waals surface area contributed by atoms with Crippen LogP contribution < -0.4 is 5.73 Å². The first-order valence-corrected chi connectivity index (χ1v) is 20.2. The molecule has 4 unspecified atom stereocenters. The standard InChI is InChI=1S/C42H77NO6/c1-29(17-13-18-31(3)21-22-37-39(8,28-43)25-35(48-33(5)44)26-40(37,9)47)15-11-12-16-30(2)19-14-20-32(4)36(46)27-42-38(6,7)23-34(45)24-41(42,10)49-42/h29-32,34-35,37,45,47H,11-28,43H2,1-10H3/t29?,30?,31?,32?,34-,35-,37+,39-,40+,41+,42-/m0/s1. The highest BCUT2D eigenvalue weighted by Gasteiger charge is 2.76. The minimum absolute atomic E-state index is 0.0657. The first-order chi connectivity index (χ1) is 22.7. The van der Waals surface area contributed by atoms with Crippen LogP contribution in [0.5, 0.6) is 0 Å². The lowest BCUT2D eigenvalue weighted by molar-refractivity contribution is -0.170. The van der Waals surface area contributed by atoms with Crippen LogP contribution in [0.4, 0.5) is 0 Å². The minimum Gasteiger partial charge on any atom is -0.462 e. The number of Topliss-reactive ketones (excluding diaryl/α,β-unsaturated/α-hetero) is 1. The Hall–Kier alpha value is -1.02. The number of epoxide rings is 1. The number of carbonyl (C=O) groups excluding carboxylic acids is 2. The van der Waals surface area contributed by atoms with Crippen molar-refractivity contribution in [1.29, 1.82) is 0 Å². The molecule has 1 heterocycles. The predicted octanol–water partition coefficient (Wildman–Crippen LogP) is 8.94. The summed E-state index contributed by atoms with van der Waals surface area (Å²) in [6.07, 6.45) is 16.6. The fourth-order valence-electron chi connectivity index (χ4n) is 10.5. The van der Waals surface area contributed by atoms with E-state index < -0.39 is 11.2 Å². The van der Waals surface area contributed by atoms with E-state index in [1.807, 2.05) is 6.92 Å². The van der Waals surface area contributed by atoms with Crippen LogP contribution in [-0.4, -0.2) is 57.5 Å². The molecule has 0 radical (unpaired) electrons. The second-order valence-electron chi connectivity index (χ2n) is 19.1. The maximum atomic E-state index is 13.2. The van der Waals surface area contributed by atoms with Gasteiger partial charge in [0, 0.05) is 32.1 Å². The average Bonchev–Trinajstić information content (AvgIpc) is 3.58. The number of hydrogen-bond donors (Lipinski definition) is 3. The summed E-state index contributed by atoms with van der Waals surface area (Å²) in [7, 11) is 0. The van der Waals surface area contributed by atoms with Gasteiger partial charge in [0.1, 0.15) is 17.5 Å². The summed E-state index contributed by atoms with van der Waals surface area (Å²) >= 11 is 0. The van der Waals surface area contributed by atoms with E-state index in [1.54, 1.807) is 0 Å². The molecule has 49 heavy (non-hydrogen) atoms. The zero-order valence-corrected chi connectivity index (χ0v) is 33.4. The van der Waals surface area contributed by atoms with Crippen LogP contribution in [0.15, 0.2) is 0 Å². The molecule has 2 aliphatic carbocycles. The van der Waals surface area contributed by atoms with Gasteiger partial charge in [0.25, 0.3) is 0 Å². The molecule has 0 spiro atoms. The Morgan fingerprint density at radius 2 is 1.33 bits per heavy atom. The molecule has 4 N–H and O–H groups in total. The molecule has 1 aliphatic heterocycles. The molecule has 0 aromatic rings. The number of aliphatic hydroxyl groups excluding tert-OH is 1. The molecule has 2 saturated carbocycles. The van der Waals surface area contributed by atoms with E-state index in [0.29, 0.717) is 49.8 Å². The summed E-state index contributed by atoms with van der Waals surface area (Å²) < 4.78 is 11.8. The van der Waals surface area contributed by atoms with Crippen molar-refractivity contribution in [3.8, 4) is 0 Å². The number of nitrogens with two attached hydrogens (primary N) is 1. The third kappa shape index (κ3) is 11.0. The van der Waals surface area contributed by atoms with Crippen LogP contribution in [0.25, 0.3) is 0 Å². The van der Waals surface area contributed by atoms with Crippen LogP contribution in [0.1, 0.15) is 178 Å². The van der Waals surface area contributed by atoms with E-state index in [9.17, 15) is 19.8 Å². The fraction of sp³-hybridized carbons (Fsp3) is 0.952. The van der Waals surface area contributed by atoms with Gasteiger partial charge < -0.3 is 25.4 Å². The van der Waals surface area contributed by atoms with Gasteiger partial charge in [-0.25, -0.2) is 0 Å². The van der Waals surface area contributed by atoms with Crippen molar-refractivity contribution in [3.63, 3.8) is 0 Å². The number of ketones is 1. The van der Waals surface area contributed by atoms with Gasteiger partial charge in [-0.1, -0.05) is 113 Å². The molecule has 3 rings (SSSR count). The van der Waals surface area contributed by atoms with E-state index in [2.05, 4.69) is 55.4 Å². The monoisotopic (exact) mass is 692 g/mol. The summed E-state index contributed by atoms with van der Waals surface area (Å²) in [6, 6.07) is 0. The van der Waals surface area contributed by atoms with Crippen molar-refractivity contribution in [2.75, 3.05) is 6.54 Å². The van der Waals surface area contributed by atoms with Gasteiger partial charge in [0.2, 0.25) is 0 Å². The van der Waals surface area contributed by atoms with E-state index in [-0.39, 0.29) is 46.4 Å². The number of esters is 1. The Bertz CT molecular complexity index is 1080. The third-order valence-electron chi connectivity index (χ3n) is 13.7. The van der Waals surface area contributed by atoms with Crippen molar-refractivity contribution < 1.29 is 29.3 Å². The first-order valence-electron chi connectivity index (χ1n) is 20.2. The van der Waals surface area contributed by atoms with Crippen LogP contribution in [0.3, 0.4) is 0 Å². The van der Waals surface area contributed by atoms with Crippen molar-refractivity contribution in [2.24, 2.45) is 46.2 Å². The van der Waals surface area contributed by atoms with Crippen LogP contribution in [0, 0.1) is 40.4 Å². The van der Waals surface area contributed by atoms with E-state index in [0.717, 1.165) is 38.0 Å². The summed E-state index contributed by atoms with van der Waals surface area (Å²) in [5, 5.41) is 21.7. The maximum Gasteiger partial charge on any atom is 0.302 e. The number of ether oxygens (including phenoxy) is 2. The lowest BCUT2D eigenvalue weighted by atomic mass is 9.58. The zero-order valence-electron chi connectivity index (χ0n) is 33.4. The lowest BCUT2D eigenvalue weighted by Crippen LogP contribution is -2.56. The van der Waals surface area contributed by atoms with Gasteiger partial charge in [0.15, 0.2) is 0 Å². The Balaban J connectivity index is 1.25. The smallest absolute Gasteiger partial charge is 0.302 e. The van der Waals surface area contributed by atoms with E-state index >= 15 is 0 Å². The number of unbranched alkanes of at least 4 members (excludes halogenated alkanes) is 1. The highest BCUT2D eigenvalue weighted by atomic mass is 16.6. The highest BCUT2D eigenvalue weighted by molar-refractivity contribution is 5.82. The first kappa shape index (κ1) is 42.4. The summed E-state index contributed by atoms with van der Waals surface area (Å²) in [5.41, 5.74) is 4.17. The average molecular weight is 692 g/mol. The summed E-state index contributed by atoms with van der Waals surface area (Å²) in [5.74, 6) is 2.27. The molecule has 0 amide bonds. The number of carbonyl (C=O) groups is 2. The lowest BCUT2D eigenvalue weighted by Gasteiger charge is -2.52. The maximum absolute atomic E-state index is 13.2. The number of rotatable bonds is 21. The molecule has 7 nitrogen and oxygen atoms in total. The van der Waals surface area contributed by atoms with E-state index in [4.69, 9.17) is 15.2 Å². The van der Waals surface area contributed by atoms with E-state index in [1.165, 1.54) is 58.3 Å². The molecular weight excluding hydrogens is 614 g/mol. The molecule has 0 aromatic heterocycles. The third-order valence-corrected chi connectivity index (χ3v) is 13.7. The molecule has 3 aliphatic rings. The molecular formula is C42H77NO6. The molecule has 0 aromatic carbocycles. The van der Waals surface area contributed by atoms with Gasteiger partial charge >= 0.3 is 5.97 Å². The molecule has 11 atom stereocenters. The van der Waals surface area contributed by atoms with Crippen LogP contribution in [-0.2, 0) is 19.1 Å². The minimum atomic E-state index is -0.886. The number of fused-ring (bicyclic) bond motifs is 1. The second-order valence-corrected chi connectivity index (χ2v) is 19.1. The topological polar surface area (TPSA) is 122 Å².